The zero-order valence-electron chi connectivity index (χ0n) is 11.2. The molecule has 1 aromatic rings. The molecule has 0 radical (unpaired) electrons. The van der Waals surface area contributed by atoms with Crippen LogP contribution < -0.4 is 15.2 Å². The summed E-state index contributed by atoms with van der Waals surface area (Å²) in [4.78, 5) is 9.89. The van der Waals surface area contributed by atoms with Crippen molar-refractivity contribution in [1.82, 2.24) is 5.32 Å². The van der Waals surface area contributed by atoms with E-state index in [0.717, 1.165) is 6.07 Å². The largest absolute Gasteiger partial charge is 0.485 e. The predicted octanol–water partition coefficient (Wildman–Crippen LogP) is 0.619. The van der Waals surface area contributed by atoms with Crippen molar-refractivity contribution in [1.29, 1.82) is 0 Å². The van der Waals surface area contributed by atoms with Crippen LogP contribution in [0.4, 0.5) is 5.69 Å². The van der Waals surface area contributed by atoms with E-state index < -0.39 is 20.6 Å². The average molecular weight is 303 g/mol. The Kier molecular flexibility index (Phi) is 5.43. The van der Waals surface area contributed by atoms with Crippen molar-refractivity contribution >= 4 is 15.7 Å². The Hall–Kier alpha value is -1.71. The summed E-state index contributed by atoms with van der Waals surface area (Å²) in [5, 5.41) is 18.9. The number of benzene rings is 1. The van der Waals surface area contributed by atoms with Crippen LogP contribution in [0.2, 0.25) is 0 Å². The number of rotatable bonds is 7. The molecule has 0 spiro atoms. The van der Waals surface area contributed by atoms with E-state index in [0.29, 0.717) is 6.54 Å². The summed E-state index contributed by atoms with van der Waals surface area (Å²) in [6, 6.07) is 3.57. The van der Waals surface area contributed by atoms with Crippen LogP contribution in [0.3, 0.4) is 0 Å². The summed E-state index contributed by atoms with van der Waals surface area (Å²) in [5.74, 6) is 0.00737. The van der Waals surface area contributed by atoms with Crippen molar-refractivity contribution in [2.45, 2.75) is 24.8 Å². The highest BCUT2D eigenvalue weighted by Gasteiger charge is 2.20. The highest BCUT2D eigenvalue weighted by Crippen LogP contribution is 2.29. The Bertz CT molecular complexity index is 586. The predicted molar refractivity (Wildman–Crippen MR) is 73.1 cm³/mol. The minimum absolute atomic E-state index is 0.00737. The maximum absolute atomic E-state index is 11.2. The highest BCUT2D eigenvalue weighted by atomic mass is 32.2. The van der Waals surface area contributed by atoms with Crippen molar-refractivity contribution in [3.8, 4) is 5.75 Å². The lowest BCUT2D eigenvalue weighted by molar-refractivity contribution is -0.386. The van der Waals surface area contributed by atoms with Gasteiger partial charge in [0.25, 0.3) is 0 Å². The molecular formula is C11H17N3O5S. The van der Waals surface area contributed by atoms with E-state index in [-0.39, 0.29) is 23.3 Å². The number of nitrogens with zero attached hydrogens (tertiary/aromatic N) is 1. The summed E-state index contributed by atoms with van der Waals surface area (Å²) in [6.45, 7) is 4.67. The minimum atomic E-state index is -3.98. The maximum atomic E-state index is 11.2. The van der Waals surface area contributed by atoms with Crippen molar-refractivity contribution in [3.63, 3.8) is 0 Å². The summed E-state index contributed by atoms with van der Waals surface area (Å²) in [7, 11) is -3.98. The molecule has 8 nitrogen and oxygen atoms in total. The normalized spacial score (nSPS) is 11.6. The molecule has 3 N–H and O–H groups in total. The SMILES string of the molecule is CC(C)NCCOc1ccc(S(N)(=O)=O)cc1[N+](=O)[O-]. The van der Waals surface area contributed by atoms with E-state index in [4.69, 9.17) is 9.88 Å². The number of ether oxygens (including phenoxy) is 1. The molecule has 112 valence electrons. The van der Waals surface area contributed by atoms with Gasteiger partial charge >= 0.3 is 5.69 Å². The fraction of sp³-hybridized carbons (Fsp3) is 0.455. The van der Waals surface area contributed by atoms with Gasteiger partial charge in [0.1, 0.15) is 6.61 Å². The average Bonchev–Trinajstić information content (AvgIpc) is 2.33. The smallest absolute Gasteiger partial charge is 0.312 e. The standard InChI is InChI=1S/C11H17N3O5S/c1-8(2)13-5-6-19-11-4-3-9(20(12,17)18)7-10(11)14(15)16/h3-4,7-8,13H,5-6H2,1-2H3,(H2,12,17,18). The van der Waals surface area contributed by atoms with Gasteiger partial charge in [-0.15, -0.1) is 0 Å². The second-order valence-corrected chi connectivity index (χ2v) is 5.95. The van der Waals surface area contributed by atoms with Gasteiger partial charge < -0.3 is 10.1 Å². The third-order valence-electron chi connectivity index (χ3n) is 2.37. The number of nitro benzene ring substituents is 1. The van der Waals surface area contributed by atoms with Crippen molar-refractivity contribution in [3.05, 3.63) is 28.3 Å². The van der Waals surface area contributed by atoms with E-state index in [2.05, 4.69) is 5.32 Å². The van der Waals surface area contributed by atoms with Crippen LogP contribution in [-0.2, 0) is 10.0 Å². The Morgan fingerprint density at radius 1 is 1.45 bits per heavy atom. The molecule has 0 aliphatic rings. The molecule has 0 aromatic heterocycles. The third kappa shape index (κ3) is 4.76. The molecule has 0 amide bonds. The lowest BCUT2D eigenvalue weighted by atomic mass is 10.3. The van der Waals surface area contributed by atoms with Gasteiger partial charge in [-0.05, 0) is 12.1 Å². The molecule has 0 atom stereocenters. The summed E-state index contributed by atoms with van der Waals surface area (Å²) in [5.41, 5.74) is -0.430. The van der Waals surface area contributed by atoms with Crippen LogP contribution in [0.15, 0.2) is 23.1 Å². The van der Waals surface area contributed by atoms with E-state index >= 15 is 0 Å². The number of hydrogen-bond donors (Lipinski definition) is 2. The molecule has 0 saturated heterocycles. The molecule has 0 aliphatic carbocycles. The van der Waals surface area contributed by atoms with Crippen molar-refractivity contribution < 1.29 is 18.1 Å². The molecule has 20 heavy (non-hydrogen) atoms. The lowest BCUT2D eigenvalue weighted by Crippen LogP contribution is -2.27. The first-order valence-electron chi connectivity index (χ1n) is 5.89. The second-order valence-electron chi connectivity index (χ2n) is 4.39. The number of nitrogens with one attached hydrogen (secondary N) is 1. The summed E-state index contributed by atoms with van der Waals surface area (Å²) < 4.78 is 27.6. The Morgan fingerprint density at radius 3 is 2.60 bits per heavy atom. The van der Waals surface area contributed by atoms with E-state index in [9.17, 15) is 18.5 Å². The van der Waals surface area contributed by atoms with Gasteiger partial charge in [-0.25, -0.2) is 13.6 Å². The third-order valence-corrected chi connectivity index (χ3v) is 3.28. The molecule has 0 bridgehead atoms. The molecule has 0 unspecified atom stereocenters. The van der Waals surface area contributed by atoms with E-state index in [1.807, 2.05) is 13.8 Å². The zero-order chi connectivity index (χ0) is 15.3. The summed E-state index contributed by atoms with van der Waals surface area (Å²) in [6.07, 6.45) is 0. The van der Waals surface area contributed by atoms with Gasteiger partial charge in [0.15, 0.2) is 5.75 Å². The molecule has 0 fully saturated rings. The Labute approximate surface area is 117 Å². The zero-order valence-corrected chi connectivity index (χ0v) is 12.0. The Balaban J connectivity index is 2.89. The first-order chi connectivity index (χ1) is 9.21. The van der Waals surface area contributed by atoms with Gasteiger partial charge in [-0.2, -0.15) is 0 Å². The molecule has 1 rings (SSSR count). The first kappa shape index (κ1) is 16.3. The van der Waals surface area contributed by atoms with Crippen LogP contribution in [0.1, 0.15) is 13.8 Å². The van der Waals surface area contributed by atoms with Gasteiger partial charge in [-0.3, -0.25) is 10.1 Å². The number of primary sulfonamides is 1. The first-order valence-corrected chi connectivity index (χ1v) is 7.44. The van der Waals surface area contributed by atoms with Crippen LogP contribution in [-0.4, -0.2) is 32.5 Å². The maximum Gasteiger partial charge on any atom is 0.312 e. The van der Waals surface area contributed by atoms with Gasteiger partial charge in [0.05, 0.1) is 9.82 Å². The minimum Gasteiger partial charge on any atom is -0.485 e. The monoisotopic (exact) mass is 303 g/mol. The van der Waals surface area contributed by atoms with Crippen molar-refractivity contribution in [2.24, 2.45) is 5.14 Å². The van der Waals surface area contributed by atoms with Crippen molar-refractivity contribution in [2.75, 3.05) is 13.2 Å². The summed E-state index contributed by atoms with van der Waals surface area (Å²) >= 11 is 0. The van der Waals surface area contributed by atoms with Gasteiger partial charge in [-0.1, -0.05) is 13.8 Å². The van der Waals surface area contributed by atoms with Crippen LogP contribution >= 0.6 is 0 Å². The fourth-order valence-corrected chi connectivity index (χ4v) is 1.98. The molecule has 0 saturated carbocycles. The quantitative estimate of drug-likeness (QED) is 0.432. The lowest BCUT2D eigenvalue weighted by Gasteiger charge is -2.10. The number of nitrogens with two attached hydrogens (primary N) is 1. The van der Waals surface area contributed by atoms with Crippen LogP contribution in [0.5, 0.6) is 5.75 Å². The van der Waals surface area contributed by atoms with Crippen LogP contribution in [0.25, 0.3) is 0 Å². The molecule has 9 heteroatoms. The number of nitro groups is 1. The van der Waals surface area contributed by atoms with Gasteiger partial charge in [0.2, 0.25) is 10.0 Å². The topological polar surface area (TPSA) is 125 Å². The Morgan fingerprint density at radius 2 is 2.10 bits per heavy atom. The number of sulfonamides is 1. The van der Waals surface area contributed by atoms with Crippen LogP contribution in [0, 0.1) is 10.1 Å². The molecule has 1 aromatic carbocycles. The molecule has 0 heterocycles. The van der Waals surface area contributed by atoms with E-state index in [1.165, 1.54) is 12.1 Å². The second kappa shape index (κ2) is 6.64. The van der Waals surface area contributed by atoms with E-state index in [1.54, 1.807) is 0 Å². The highest BCUT2D eigenvalue weighted by molar-refractivity contribution is 7.89. The molecular weight excluding hydrogens is 286 g/mol. The molecule has 0 aliphatic heterocycles. The fourth-order valence-electron chi connectivity index (χ4n) is 1.45. The number of hydrogen-bond acceptors (Lipinski definition) is 6. The van der Waals surface area contributed by atoms with Gasteiger partial charge in [0, 0.05) is 18.7 Å².